The van der Waals surface area contributed by atoms with Crippen molar-refractivity contribution in [3.63, 3.8) is 0 Å². The van der Waals surface area contributed by atoms with Crippen molar-refractivity contribution in [2.45, 2.75) is 25.7 Å². The molecule has 1 amide bonds. The zero-order valence-electron chi connectivity index (χ0n) is 17.0. The average Bonchev–Trinajstić information content (AvgIpc) is 3.45. The lowest BCUT2D eigenvalue weighted by Gasteiger charge is -2.17. The number of sulfonamides is 1. The summed E-state index contributed by atoms with van der Waals surface area (Å²) in [4.78, 5) is 13.0. The summed E-state index contributed by atoms with van der Waals surface area (Å²) >= 11 is 0. The SMILES string of the molecule is O=C(Nc1cccc(N2CCCS2(=O)=O)c1)c1nn(-c2ccc(F)c(F)c2)c2c1CCC2. The normalized spacial score (nSPS) is 16.9. The molecule has 166 valence electrons. The highest BCUT2D eigenvalue weighted by Crippen LogP contribution is 2.30. The van der Waals surface area contributed by atoms with Crippen molar-refractivity contribution in [3.8, 4) is 5.69 Å². The van der Waals surface area contributed by atoms with Gasteiger partial charge in [0.15, 0.2) is 17.3 Å². The minimum atomic E-state index is -3.33. The molecule has 3 aromatic rings. The number of hydrogen-bond donors (Lipinski definition) is 1. The molecule has 2 heterocycles. The van der Waals surface area contributed by atoms with Gasteiger partial charge in [0.05, 0.1) is 17.1 Å². The number of rotatable bonds is 4. The van der Waals surface area contributed by atoms with E-state index in [1.165, 1.54) is 15.1 Å². The smallest absolute Gasteiger partial charge is 0.276 e. The summed E-state index contributed by atoms with van der Waals surface area (Å²) in [6, 6.07) is 10.2. The number of nitrogens with one attached hydrogen (secondary N) is 1. The monoisotopic (exact) mass is 458 g/mol. The summed E-state index contributed by atoms with van der Waals surface area (Å²) in [5, 5.41) is 7.20. The third-order valence-corrected chi connectivity index (χ3v) is 7.65. The summed E-state index contributed by atoms with van der Waals surface area (Å²) in [6.45, 7) is 0.409. The lowest BCUT2D eigenvalue weighted by Crippen LogP contribution is -2.25. The Bertz CT molecular complexity index is 1340. The van der Waals surface area contributed by atoms with E-state index < -0.39 is 27.6 Å². The van der Waals surface area contributed by atoms with Crippen molar-refractivity contribution < 1.29 is 22.0 Å². The van der Waals surface area contributed by atoms with Crippen LogP contribution in [0.3, 0.4) is 0 Å². The van der Waals surface area contributed by atoms with Crippen molar-refractivity contribution in [1.29, 1.82) is 0 Å². The van der Waals surface area contributed by atoms with Gasteiger partial charge >= 0.3 is 0 Å². The Morgan fingerprint density at radius 2 is 1.84 bits per heavy atom. The number of anilines is 2. The maximum atomic E-state index is 13.7. The molecule has 1 aliphatic heterocycles. The van der Waals surface area contributed by atoms with Crippen molar-refractivity contribution in [1.82, 2.24) is 9.78 Å². The van der Waals surface area contributed by atoms with Crippen molar-refractivity contribution in [2.24, 2.45) is 0 Å². The molecule has 2 aromatic carbocycles. The van der Waals surface area contributed by atoms with E-state index in [1.54, 1.807) is 24.3 Å². The Hall–Kier alpha value is -3.27. The molecule has 0 unspecified atom stereocenters. The molecule has 0 atom stereocenters. The molecule has 1 saturated heterocycles. The summed E-state index contributed by atoms with van der Waals surface area (Å²) < 4.78 is 54.3. The van der Waals surface area contributed by atoms with Crippen LogP contribution in [0.25, 0.3) is 5.69 Å². The lowest BCUT2D eigenvalue weighted by molar-refractivity contribution is 0.102. The van der Waals surface area contributed by atoms with Crippen LogP contribution in [0.5, 0.6) is 0 Å². The fraction of sp³-hybridized carbons (Fsp3) is 0.273. The molecule has 2 aliphatic rings. The average molecular weight is 458 g/mol. The quantitative estimate of drug-likeness (QED) is 0.649. The number of carbonyl (C=O) groups excluding carboxylic acids is 1. The van der Waals surface area contributed by atoms with Gasteiger partial charge in [-0.15, -0.1) is 0 Å². The van der Waals surface area contributed by atoms with Crippen LogP contribution in [0.4, 0.5) is 20.2 Å². The van der Waals surface area contributed by atoms with Gasteiger partial charge < -0.3 is 5.32 Å². The van der Waals surface area contributed by atoms with E-state index in [0.29, 0.717) is 42.9 Å². The highest BCUT2D eigenvalue weighted by molar-refractivity contribution is 7.93. The van der Waals surface area contributed by atoms with Gasteiger partial charge in [-0.1, -0.05) is 6.07 Å². The molecule has 5 rings (SSSR count). The zero-order chi connectivity index (χ0) is 22.5. The Morgan fingerprint density at radius 3 is 2.59 bits per heavy atom. The van der Waals surface area contributed by atoms with Crippen LogP contribution in [0, 0.1) is 11.6 Å². The topological polar surface area (TPSA) is 84.3 Å². The molecule has 32 heavy (non-hydrogen) atoms. The second-order valence-electron chi connectivity index (χ2n) is 7.88. The molecule has 0 bridgehead atoms. The van der Waals surface area contributed by atoms with Crippen molar-refractivity contribution >= 4 is 27.3 Å². The Balaban J connectivity index is 1.45. The van der Waals surface area contributed by atoms with E-state index in [1.807, 2.05) is 0 Å². The molecule has 0 spiro atoms. The summed E-state index contributed by atoms with van der Waals surface area (Å²) in [7, 11) is -3.33. The molecule has 1 aliphatic carbocycles. The molecular formula is C22H20F2N4O3S. The van der Waals surface area contributed by atoms with Crippen LogP contribution in [0.1, 0.15) is 34.6 Å². The number of halogens is 2. The predicted octanol–water partition coefficient (Wildman–Crippen LogP) is 3.43. The Morgan fingerprint density at radius 1 is 1.00 bits per heavy atom. The van der Waals surface area contributed by atoms with Gasteiger partial charge in [0.25, 0.3) is 5.91 Å². The fourth-order valence-electron chi connectivity index (χ4n) is 4.31. The van der Waals surface area contributed by atoms with Crippen LogP contribution in [-0.4, -0.2) is 36.4 Å². The Kier molecular flexibility index (Phi) is 4.96. The zero-order valence-corrected chi connectivity index (χ0v) is 17.8. The van der Waals surface area contributed by atoms with E-state index in [0.717, 1.165) is 29.8 Å². The maximum absolute atomic E-state index is 13.7. The van der Waals surface area contributed by atoms with Gasteiger partial charge in [0.2, 0.25) is 10.0 Å². The lowest BCUT2D eigenvalue weighted by atomic mass is 10.2. The second-order valence-corrected chi connectivity index (χ2v) is 9.90. The first-order valence-electron chi connectivity index (χ1n) is 10.3. The van der Waals surface area contributed by atoms with E-state index in [4.69, 9.17) is 0 Å². The largest absolute Gasteiger partial charge is 0.321 e. The Labute approximate surface area is 183 Å². The van der Waals surface area contributed by atoms with E-state index >= 15 is 0 Å². The molecule has 1 fully saturated rings. The van der Waals surface area contributed by atoms with Crippen LogP contribution < -0.4 is 9.62 Å². The van der Waals surface area contributed by atoms with Crippen LogP contribution in [0.15, 0.2) is 42.5 Å². The third-order valence-electron chi connectivity index (χ3n) is 5.78. The van der Waals surface area contributed by atoms with Gasteiger partial charge in [-0.05, 0) is 56.0 Å². The van der Waals surface area contributed by atoms with Crippen LogP contribution in [0.2, 0.25) is 0 Å². The minimum absolute atomic E-state index is 0.108. The van der Waals surface area contributed by atoms with E-state index in [9.17, 15) is 22.0 Å². The van der Waals surface area contributed by atoms with E-state index in [-0.39, 0.29) is 11.4 Å². The van der Waals surface area contributed by atoms with Crippen molar-refractivity contribution in [3.05, 3.63) is 71.1 Å². The molecule has 1 N–H and O–H groups in total. The summed E-state index contributed by atoms with van der Waals surface area (Å²) in [6.07, 6.45) is 2.73. The highest BCUT2D eigenvalue weighted by Gasteiger charge is 2.29. The second kappa shape index (κ2) is 7.70. The standard InChI is InChI=1S/C22H20F2N4O3S/c23-18-9-8-16(13-19(18)24)28-20-7-2-6-17(20)21(26-28)22(29)25-14-4-1-5-15(12-14)27-10-3-11-32(27,30)31/h1,4-5,8-9,12-13H,2-3,6-7,10-11H2,(H,25,29). The fourth-order valence-corrected chi connectivity index (χ4v) is 5.87. The predicted molar refractivity (Wildman–Crippen MR) is 116 cm³/mol. The highest BCUT2D eigenvalue weighted by atomic mass is 32.2. The first-order valence-corrected chi connectivity index (χ1v) is 11.9. The minimum Gasteiger partial charge on any atom is -0.321 e. The van der Waals surface area contributed by atoms with Crippen molar-refractivity contribution in [2.75, 3.05) is 21.9 Å². The molecular weight excluding hydrogens is 438 g/mol. The number of amides is 1. The number of benzene rings is 2. The number of aromatic nitrogens is 2. The van der Waals surface area contributed by atoms with Gasteiger partial charge in [-0.3, -0.25) is 9.10 Å². The maximum Gasteiger partial charge on any atom is 0.276 e. The van der Waals surface area contributed by atoms with Gasteiger partial charge in [-0.25, -0.2) is 21.9 Å². The summed E-state index contributed by atoms with van der Waals surface area (Å²) in [5.41, 5.74) is 3.11. The molecule has 0 radical (unpaired) electrons. The van der Waals surface area contributed by atoms with Crippen LogP contribution in [-0.2, 0) is 22.9 Å². The molecule has 7 nitrogen and oxygen atoms in total. The first kappa shape index (κ1) is 20.6. The van der Waals surface area contributed by atoms with Gasteiger partial charge in [-0.2, -0.15) is 5.10 Å². The number of fused-ring (bicyclic) bond motifs is 1. The van der Waals surface area contributed by atoms with Crippen LogP contribution >= 0.6 is 0 Å². The van der Waals surface area contributed by atoms with E-state index in [2.05, 4.69) is 10.4 Å². The number of hydrogen-bond acceptors (Lipinski definition) is 4. The third kappa shape index (κ3) is 3.54. The molecule has 0 saturated carbocycles. The number of carbonyl (C=O) groups is 1. The van der Waals surface area contributed by atoms with Gasteiger partial charge in [0.1, 0.15) is 0 Å². The molecule has 10 heteroatoms. The summed E-state index contributed by atoms with van der Waals surface area (Å²) in [5.74, 6) is -2.26. The number of nitrogens with zero attached hydrogens (tertiary/aromatic N) is 3. The van der Waals surface area contributed by atoms with Gasteiger partial charge in [0, 0.05) is 29.6 Å². The molecule has 1 aromatic heterocycles. The first-order chi connectivity index (χ1) is 15.3.